The van der Waals surface area contributed by atoms with Crippen LogP contribution in [0.25, 0.3) is 0 Å². The molecule has 2 aliphatic heterocycles. The number of hydrogen-bond donors (Lipinski definition) is 4. The van der Waals surface area contributed by atoms with Crippen molar-refractivity contribution in [1.82, 2.24) is 30.2 Å². The summed E-state index contributed by atoms with van der Waals surface area (Å²) in [6, 6.07) is -0.950. The van der Waals surface area contributed by atoms with E-state index in [9.17, 15) is 18.4 Å². The number of nitrogens with one attached hydrogen (secondary N) is 3. The summed E-state index contributed by atoms with van der Waals surface area (Å²) in [4.78, 5) is 41.8. The maximum atomic E-state index is 14.7. The summed E-state index contributed by atoms with van der Waals surface area (Å²) in [7, 11) is 1.25. The maximum absolute atomic E-state index is 14.7. The van der Waals surface area contributed by atoms with Crippen molar-refractivity contribution < 1.29 is 28.2 Å². The number of hydrogen-bond acceptors (Lipinski definition) is 9. The first kappa shape index (κ1) is 28.7. The molecule has 1 atom stereocenters. The van der Waals surface area contributed by atoms with Crippen molar-refractivity contribution in [1.29, 1.82) is 0 Å². The SMILES string of the molecule is C1CCNCC1.CCOc1cnc(NC(=O)N(C)C2CN(c3nccc(NC(=O)O)n3)CCC2(F)F)cn1. The number of ether oxygens (including phenoxy) is 1. The highest BCUT2D eigenvalue weighted by Crippen LogP contribution is 2.33. The van der Waals surface area contributed by atoms with E-state index in [-0.39, 0.29) is 36.6 Å². The number of carboxylic acid groups (broad SMARTS) is 1. The van der Waals surface area contributed by atoms with E-state index in [1.54, 1.807) is 6.92 Å². The van der Waals surface area contributed by atoms with Gasteiger partial charge in [-0.05, 0) is 38.9 Å². The first-order valence-electron chi connectivity index (χ1n) is 12.3. The van der Waals surface area contributed by atoms with Crippen molar-refractivity contribution in [3.8, 4) is 5.88 Å². The number of urea groups is 1. The summed E-state index contributed by atoms with van der Waals surface area (Å²) in [5, 5.41) is 16.6. The third kappa shape index (κ3) is 8.33. The van der Waals surface area contributed by atoms with Crippen LogP contribution in [0, 0.1) is 0 Å². The number of amides is 3. The van der Waals surface area contributed by atoms with Gasteiger partial charge in [0.15, 0.2) is 5.82 Å². The third-order valence-electron chi connectivity index (χ3n) is 5.91. The van der Waals surface area contributed by atoms with Gasteiger partial charge in [0.25, 0.3) is 5.92 Å². The molecule has 3 amide bonds. The number of halogens is 2. The van der Waals surface area contributed by atoms with Crippen molar-refractivity contribution in [3.63, 3.8) is 0 Å². The molecule has 38 heavy (non-hydrogen) atoms. The Bertz CT molecular complexity index is 1050. The molecule has 15 heteroatoms. The third-order valence-corrected chi connectivity index (χ3v) is 5.91. The average Bonchev–Trinajstić information content (AvgIpc) is 2.90. The Balaban J connectivity index is 0.000000585. The van der Waals surface area contributed by atoms with Crippen LogP contribution in [0.2, 0.25) is 0 Å². The van der Waals surface area contributed by atoms with Crippen LogP contribution in [0.3, 0.4) is 0 Å². The van der Waals surface area contributed by atoms with Gasteiger partial charge in [0.2, 0.25) is 11.8 Å². The highest BCUT2D eigenvalue weighted by molar-refractivity contribution is 5.88. The fourth-order valence-electron chi connectivity index (χ4n) is 3.90. The molecule has 2 aromatic rings. The van der Waals surface area contributed by atoms with Crippen molar-refractivity contribution in [3.05, 3.63) is 24.7 Å². The Morgan fingerprint density at radius 3 is 2.53 bits per heavy atom. The Hall–Kier alpha value is -3.88. The van der Waals surface area contributed by atoms with Gasteiger partial charge in [0.05, 0.1) is 19.0 Å². The van der Waals surface area contributed by atoms with Gasteiger partial charge in [0.1, 0.15) is 11.9 Å². The maximum Gasteiger partial charge on any atom is 0.410 e. The van der Waals surface area contributed by atoms with Crippen molar-refractivity contribution in [2.45, 2.75) is 44.6 Å². The van der Waals surface area contributed by atoms with Crippen LogP contribution in [-0.2, 0) is 0 Å². The molecule has 0 bridgehead atoms. The smallest absolute Gasteiger partial charge is 0.410 e. The molecule has 208 valence electrons. The number of carbonyl (C=O) groups excluding carboxylic acids is 1. The van der Waals surface area contributed by atoms with Crippen molar-refractivity contribution in [2.75, 3.05) is 55.4 Å². The second-order valence-corrected chi connectivity index (χ2v) is 8.67. The van der Waals surface area contributed by atoms with E-state index in [1.807, 2.05) is 0 Å². The highest BCUT2D eigenvalue weighted by Gasteiger charge is 2.48. The number of carbonyl (C=O) groups is 2. The lowest BCUT2D eigenvalue weighted by molar-refractivity contribution is -0.0760. The number of piperidine rings is 2. The average molecular weight is 538 g/mol. The van der Waals surface area contributed by atoms with Crippen LogP contribution < -0.4 is 25.6 Å². The van der Waals surface area contributed by atoms with Crippen LogP contribution in [0.15, 0.2) is 24.7 Å². The van der Waals surface area contributed by atoms with Gasteiger partial charge in [-0.1, -0.05) is 6.42 Å². The molecule has 2 aromatic heterocycles. The molecule has 4 rings (SSSR count). The first-order valence-corrected chi connectivity index (χ1v) is 12.3. The van der Waals surface area contributed by atoms with Crippen LogP contribution in [0.4, 0.5) is 36.0 Å². The fraction of sp³-hybridized carbons (Fsp3) is 0.565. The zero-order valence-corrected chi connectivity index (χ0v) is 21.4. The molecular weight excluding hydrogens is 504 g/mol. The van der Waals surface area contributed by atoms with Gasteiger partial charge in [-0.25, -0.2) is 33.3 Å². The standard InChI is InChI=1S/C18H22F2N8O4.C5H11N/c1-3-32-14-9-22-13(8-23-14)25-16(29)27(2)11-10-28(7-5-18(11,19)20)15-21-6-4-12(24-15)26-17(30)31;1-2-4-6-5-3-1/h4,6,8-9,11H,3,5,7,10H2,1-2H3,(H,30,31)(H,21,24,26)(H,22,25,29);6H,1-5H2. The summed E-state index contributed by atoms with van der Waals surface area (Å²) in [5.74, 6) is -2.73. The Morgan fingerprint density at radius 1 is 1.18 bits per heavy atom. The van der Waals surface area contributed by atoms with Crippen molar-refractivity contribution >= 4 is 29.7 Å². The molecule has 13 nitrogen and oxygen atoms in total. The molecular formula is C23H33F2N9O4. The van der Waals surface area contributed by atoms with E-state index in [4.69, 9.17) is 9.84 Å². The number of likely N-dealkylation sites (N-methyl/N-ethyl adjacent to an activating group) is 1. The molecule has 0 aromatic carbocycles. The minimum Gasteiger partial charge on any atom is -0.477 e. The summed E-state index contributed by atoms with van der Waals surface area (Å²) >= 11 is 0. The highest BCUT2D eigenvalue weighted by atomic mass is 19.3. The Kier molecular flexibility index (Phi) is 10.3. The minimum atomic E-state index is -3.16. The second-order valence-electron chi connectivity index (χ2n) is 8.67. The predicted molar refractivity (Wildman–Crippen MR) is 136 cm³/mol. The molecule has 4 N–H and O–H groups in total. The van der Waals surface area contributed by atoms with E-state index < -0.39 is 30.5 Å². The van der Waals surface area contributed by atoms with Gasteiger partial charge >= 0.3 is 12.1 Å². The lowest BCUT2D eigenvalue weighted by atomic mass is 10.00. The lowest BCUT2D eigenvalue weighted by Gasteiger charge is -2.42. The Morgan fingerprint density at radius 2 is 1.95 bits per heavy atom. The second kappa shape index (κ2) is 13.6. The summed E-state index contributed by atoms with van der Waals surface area (Å²) in [6.45, 7) is 4.35. The topological polar surface area (TPSA) is 158 Å². The predicted octanol–water partition coefficient (Wildman–Crippen LogP) is 2.89. The zero-order chi connectivity index (χ0) is 27.5. The van der Waals surface area contributed by atoms with Gasteiger partial charge in [0, 0.05) is 32.8 Å². The Labute approximate surface area is 219 Å². The van der Waals surface area contributed by atoms with E-state index >= 15 is 0 Å². The quantitative estimate of drug-likeness (QED) is 0.432. The van der Waals surface area contributed by atoms with Gasteiger partial charge in [-0.15, -0.1) is 0 Å². The molecule has 2 saturated heterocycles. The molecule has 2 aliphatic rings. The fourth-order valence-corrected chi connectivity index (χ4v) is 3.90. The van der Waals surface area contributed by atoms with E-state index in [0.717, 1.165) is 4.90 Å². The molecule has 4 heterocycles. The van der Waals surface area contributed by atoms with E-state index in [2.05, 4.69) is 35.9 Å². The first-order chi connectivity index (χ1) is 18.2. The monoisotopic (exact) mass is 537 g/mol. The van der Waals surface area contributed by atoms with Crippen LogP contribution in [0.1, 0.15) is 32.6 Å². The number of aromatic nitrogens is 4. The lowest BCUT2D eigenvalue weighted by Crippen LogP contribution is -2.60. The molecule has 2 fully saturated rings. The minimum absolute atomic E-state index is 0.0107. The summed E-state index contributed by atoms with van der Waals surface area (Å²) in [5.41, 5.74) is 0. The molecule has 0 radical (unpaired) electrons. The largest absolute Gasteiger partial charge is 0.477 e. The van der Waals surface area contributed by atoms with Gasteiger partial charge in [-0.3, -0.25) is 10.6 Å². The van der Waals surface area contributed by atoms with E-state index in [0.29, 0.717) is 6.61 Å². The molecule has 0 aliphatic carbocycles. The van der Waals surface area contributed by atoms with Crippen LogP contribution >= 0.6 is 0 Å². The van der Waals surface area contributed by atoms with Gasteiger partial charge in [-0.2, -0.15) is 4.98 Å². The molecule has 1 unspecified atom stereocenters. The van der Waals surface area contributed by atoms with E-state index in [1.165, 1.54) is 69.0 Å². The normalized spacial score (nSPS) is 18.4. The summed E-state index contributed by atoms with van der Waals surface area (Å²) in [6.07, 6.45) is 6.25. The van der Waals surface area contributed by atoms with Crippen LogP contribution in [0.5, 0.6) is 5.88 Å². The number of nitrogens with zero attached hydrogens (tertiary/aromatic N) is 6. The van der Waals surface area contributed by atoms with Crippen LogP contribution in [-0.4, -0.2) is 93.9 Å². The van der Waals surface area contributed by atoms with Crippen molar-refractivity contribution in [2.24, 2.45) is 0 Å². The number of rotatable bonds is 6. The number of anilines is 3. The van der Waals surface area contributed by atoms with Gasteiger partial charge < -0.3 is 25.0 Å². The molecule has 0 saturated carbocycles. The molecule has 0 spiro atoms. The number of alkyl halides is 2. The zero-order valence-electron chi connectivity index (χ0n) is 21.4. The summed E-state index contributed by atoms with van der Waals surface area (Å²) < 4.78 is 34.5.